The highest BCUT2D eigenvalue weighted by molar-refractivity contribution is 5.96. The van der Waals surface area contributed by atoms with Gasteiger partial charge in [0.1, 0.15) is 11.6 Å². The average Bonchev–Trinajstić information content (AvgIpc) is 3.05. The Morgan fingerprint density at radius 2 is 2.40 bits per heavy atom. The van der Waals surface area contributed by atoms with Gasteiger partial charge in [0.25, 0.3) is 0 Å². The van der Waals surface area contributed by atoms with Crippen molar-refractivity contribution < 1.29 is 13.9 Å². The lowest BCUT2D eigenvalue weighted by Gasteiger charge is -2.09. The quantitative estimate of drug-likeness (QED) is 0.872. The Hall–Kier alpha value is -2.51. The molecule has 3 rings (SSSR count). The summed E-state index contributed by atoms with van der Waals surface area (Å²) in [5.41, 5.74) is 0.316. The van der Waals surface area contributed by atoms with Crippen LogP contribution in [0, 0.1) is 11.7 Å². The van der Waals surface area contributed by atoms with Crippen molar-refractivity contribution in [3.63, 3.8) is 0 Å². The van der Waals surface area contributed by atoms with Gasteiger partial charge in [0.15, 0.2) is 5.82 Å². The highest BCUT2D eigenvalue weighted by Gasteiger charge is 2.46. The molecule has 1 aromatic heterocycles. The lowest BCUT2D eigenvalue weighted by Crippen LogP contribution is -2.15. The molecule has 0 spiro atoms. The molecule has 2 aromatic rings. The summed E-state index contributed by atoms with van der Waals surface area (Å²) in [5.74, 6) is 0.0389. The van der Waals surface area contributed by atoms with Gasteiger partial charge in [-0.15, -0.1) is 10.2 Å². The number of carbonyl (C=O) groups is 1. The van der Waals surface area contributed by atoms with E-state index in [4.69, 9.17) is 4.74 Å². The Balaban J connectivity index is 1.70. The van der Waals surface area contributed by atoms with Crippen molar-refractivity contribution >= 4 is 11.6 Å². The molecule has 20 heavy (non-hydrogen) atoms. The first kappa shape index (κ1) is 12.5. The Bertz CT molecular complexity index is 631. The van der Waals surface area contributed by atoms with Gasteiger partial charge in [-0.1, -0.05) is 5.21 Å². The van der Waals surface area contributed by atoms with Crippen LogP contribution in [-0.4, -0.2) is 33.6 Å². The van der Waals surface area contributed by atoms with E-state index >= 15 is 0 Å². The van der Waals surface area contributed by atoms with Gasteiger partial charge in [-0.3, -0.25) is 4.79 Å². The maximum absolute atomic E-state index is 13.2. The maximum Gasteiger partial charge on any atom is 0.228 e. The van der Waals surface area contributed by atoms with Gasteiger partial charge in [-0.2, -0.15) is 5.21 Å². The number of aromatic nitrogens is 4. The van der Waals surface area contributed by atoms with Crippen molar-refractivity contribution in [1.82, 2.24) is 20.6 Å². The van der Waals surface area contributed by atoms with Crippen molar-refractivity contribution in [2.24, 2.45) is 5.92 Å². The lowest BCUT2D eigenvalue weighted by atomic mass is 10.2. The molecule has 1 amide bonds. The molecule has 1 aromatic carbocycles. The van der Waals surface area contributed by atoms with E-state index in [0.717, 1.165) is 0 Å². The van der Waals surface area contributed by atoms with Crippen LogP contribution in [0.4, 0.5) is 10.1 Å². The van der Waals surface area contributed by atoms with E-state index in [2.05, 4.69) is 25.9 Å². The molecular formula is C12H12FN5O2. The van der Waals surface area contributed by atoms with Gasteiger partial charge in [0.2, 0.25) is 5.91 Å². The van der Waals surface area contributed by atoms with Crippen molar-refractivity contribution in [1.29, 1.82) is 0 Å². The second-order valence-electron chi connectivity index (χ2n) is 4.55. The predicted octanol–water partition coefficient (Wildman–Crippen LogP) is 1.09. The Kier molecular flexibility index (Phi) is 3.05. The molecule has 1 aliphatic rings. The number of amides is 1. The highest BCUT2D eigenvalue weighted by atomic mass is 19.1. The summed E-state index contributed by atoms with van der Waals surface area (Å²) < 4.78 is 18.3. The number of rotatable bonds is 4. The number of tetrazole rings is 1. The van der Waals surface area contributed by atoms with Crippen LogP contribution >= 0.6 is 0 Å². The fourth-order valence-corrected chi connectivity index (χ4v) is 2.10. The van der Waals surface area contributed by atoms with Crippen LogP contribution in [0.5, 0.6) is 5.75 Å². The maximum atomic E-state index is 13.2. The number of aromatic amines is 1. The van der Waals surface area contributed by atoms with Gasteiger partial charge >= 0.3 is 0 Å². The summed E-state index contributed by atoms with van der Waals surface area (Å²) in [4.78, 5) is 12.1. The van der Waals surface area contributed by atoms with E-state index in [-0.39, 0.29) is 17.7 Å². The minimum absolute atomic E-state index is 0.0340. The van der Waals surface area contributed by atoms with Crippen LogP contribution in [0.25, 0.3) is 0 Å². The minimum Gasteiger partial charge on any atom is -0.495 e. The van der Waals surface area contributed by atoms with Crippen LogP contribution in [-0.2, 0) is 4.79 Å². The molecule has 0 bridgehead atoms. The van der Waals surface area contributed by atoms with E-state index in [1.54, 1.807) is 0 Å². The summed E-state index contributed by atoms with van der Waals surface area (Å²) in [5, 5.41) is 16.2. The summed E-state index contributed by atoms with van der Waals surface area (Å²) in [6.07, 6.45) is 0.656. The monoisotopic (exact) mass is 277 g/mol. The SMILES string of the molecule is COc1ccc(F)cc1NC(=O)[C@@H]1C[C@H]1c1nn[nH]n1. The highest BCUT2D eigenvalue weighted by Crippen LogP contribution is 2.46. The Morgan fingerprint density at radius 3 is 3.10 bits per heavy atom. The summed E-state index contributed by atoms with van der Waals surface area (Å²) in [6.45, 7) is 0. The largest absolute Gasteiger partial charge is 0.495 e. The minimum atomic E-state index is -0.438. The third-order valence-corrected chi connectivity index (χ3v) is 3.24. The zero-order valence-electron chi connectivity index (χ0n) is 10.6. The molecule has 104 valence electrons. The number of hydrogen-bond donors (Lipinski definition) is 2. The smallest absolute Gasteiger partial charge is 0.228 e. The number of anilines is 1. The molecule has 0 aliphatic heterocycles. The first-order valence-electron chi connectivity index (χ1n) is 6.07. The summed E-state index contributed by atoms with van der Waals surface area (Å²) >= 11 is 0. The van der Waals surface area contributed by atoms with Gasteiger partial charge in [0.05, 0.1) is 12.8 Å². The summed E-state index contributed by atoms with van der Waals surface area (Å²) in [6, 6.07) is 3.96. The molecule has 1 saturated carbocycles. The predicted molar refractivity (Wildman–Crippen MR) is 66.6 cm³/mol. The number of nitrogens with zero attached hydrogens (tertiary/aromatic N) is 3. The van der Waals surface area contributed by atoms with Crippen molar-refractivity contribution in [2.75, 3.05) is 12.4 Å². The van der Waals surface area contributed by atoms with Gasteiger partial charge < -0.3 is 10.1 Å². The Labute approximate surface area is 113 Å². The van der Waals surface area contributed by atoms with Gasteiger partial charge in [-0.25, -0.2) is 4.39 Å². The number of methoxy groups -OCH3 is 1. The molecule has 0 radical (unpaired) electrons. The second kappa shape index (κ2) is 4.87. The molecule has 8 heteroatoms. The van der Waals surface area contributed by atoms with E-state index < -0.39 is 5.82 Å². The second-order valence-corrected chi connectivity index (χ2v) is 4.55. The average molecular weight is 277 g/mol. The lowest BCUT2D eigenvalue weighted by molar-refractivity contribution is -0.117. The molecule has 0 saturated heterocycles. The first-order chi connectivity index (χ1) is 9.69. The summed E-state index contributed by atoms with van der Waals surface area (Å²) in [7, 11) is 1.46. The number of H-pyrrole nitrogens is 1. The van der Waals surface area contributed by atoms with Crippen LogP contribution in [0.15, 0.2) is 18.2 Å². The first-order valence-corrected chi connectivity index (χ1v) is 6.07. The number of benzene rings is 1. The van der Waals surface area contributed by atoms with E-state index in [1.807, 2.05) is 0 Å². The fraction of sp³-hybridized carbons (Fsp3) is 0.333. The number of halogens is 1. The molecule has 1 aliphatic carbocycles. The van der Waals surface area contributed by atoms with Gasteiger partial charge in [0, 0.05) is 17.9 Å². The van der Waals surface area contributed by atoms with Crippen molar-refractivity contribution in [3.05, 3.63) is 29.8 Å². The zero-order valence-corrected chi connectivity index (χ0v) is 10.6. The topological polar surface area (TPSA) is 92.8 Å². The van der Waals surface area contributed by atoms with Crippen LogP contribution in [0.1, 0.15) is 18.2 Å². The number of hydrogen-bond acceptors (Lipinski definition) is 5. The van der Waals surface area contributed by atoms with Crippen LogP contribution < -0.4 is 10.1 Å². The van der Waals surface area contributed by atoms with E-state index in [1.165, 1.54) is 25.3 Å². The van der Waals surface area contributed by atoms with Crippen molar-refractivity contribution in [3.8, 4) is 5.75 Å². The third kappa shape index (κ3) is 2.31. The van der Waals surface area contributed by atoms with E-state index in [9.17, 15) is 9.18 Å². The molecule has 1 heterocycles. The fourth-order valence-electron chi connectivity index (χ4n) is 2.10. The van der Waals surface area contributed by atoms with Gasteiger partial charge in [-0.05, 0) is 18.6 Å². The molecule has 1 fully saturated rings. The van der Waals surface area contributed by atoms with Crippen LogP contribution in [0.3, 0.4) is 0 Å². The Morgan fingerprint density at radius 1 is 1.55 bits per heavy atom. The number of nitrogens with one attached hydrogen (secondary N) is 2. The van der Waals surface area contributed by atoms with Crippen LogP contribution in [0.2, 0.25) is 0 Å². The molecule has 2 atom stereocenters. The third-order valence-electron chi connectivity index (χ3n) is 3.24. The normalized spacial score (nSPS) is 20.5. The zero-order chi connectivity index (χ0) is 14.1. The van der Waals surface area contributed by atoms with E-state index in [0.29, 0.717) is 23.7 Å². The van der Waals surface area contributed by atoms with Crippen molar-refractivity contribution in [2.45, 2.75) is 12.3 Å². The molecule has 7 nitrogen and oxygen atoms in total. The molecule has 2 N–H and O–H groups in total. The standard InChI is InChI=1S/C12H12FN5O2/c1-20-10-3-2-6(13)4-9(10)14-12(19)8-5-7(8)11-15-17-18-16-11/h2-4,7-8H,5H2,1H3,(H,14,19)(H,15,16,17,18)/t7-,8-/m1/s1. The number of carbonyl (C=O) groups excluding carboxylic acids is 1. The molecule has 0 unspecified atom stereocenters. The number of ether oxygens (including phenoxy) is 1. The molecular weight excluding hydrogens is 265 g/mol.